The number of carbonyl (C=O) groups is 2. The maximum absolute atomic E-state index is 12.6. The second kappa shape index (κ2) is 7.25. The lowest BCUT2D eigenvalue weighted by atomic mass is 10.1. The fraction of sp³-hybridized carbons (Fsp3) is 0.316. The molecule has 1 aromatic carbocycles. The number of hydrogen-bond donors (Lipinski definition) is 0. The number of pyridine rings is 1. The van der Waals surface area contributed by atoms with Crippen LogP contribution in [0.1, 0.15) is 44.8 Å². The highest BCUT2D eigenvalue weighted by molar-refractivity contribution is 5.93. The summed E-state index contributed by atoms with van der Waals surface area (Å²) in [6, 6.07) is 9.10. The fourth-order valence-corrected chi connectivity index (χ4v) is 2.90. The van der Waals surface area contributed by atoms with E-state index >= 15 is 0 Å². The first-order valence-corrected chi connectivity index (χ1v) is 8.11. The van der Waals surface area contributed by atoms with Crippen molar-refractivity contribution in [3.63, 3.8) is 0 Å². The number of amides is 1. The van der Waals surface area contributed by atoms with Crippen molar-refractivity contribution in [2.45, 2.75) is 26.4 Å². The molecule has 24 heavy (non-hydrogen) atoms. The number of carbonyl (C=O) groups excluding carboxylic acids is 2. The topological polar surface area (TPSA) is 59.5 Å². The molecule has 124 valence electrons. The zero-order valence-corrected chi connectivity index (χ0v) is 13.7. The number of aromatic nitrogens is 1. The molecule has 0 aliphatic carbocycles. The molecule has 2 heterocycles. The molecule has 1 aliphatic rings. The third kappa shape index (κ3) is 3.30. The van der Waals surface area contributed by atoms with Crippen LogP contribution in [0.3, 0.4) is 0 Å². The SMILES string of the molecule is Cc1cccc(OCc2cccnc2C(=O)N2CCCC2)c1C=O. The Balaban J connectivity index is 1.80. The first-order chi connectivity index (χ1) is 11.7. The zero-order valence-electron chi connectivity index (χ0n) is 13.7. The molecular formula is C19H20N2O3. The molecule has 5 nitrogen and oxygen atoms in total. The number of ether oxygens (including phenoxy) is 1. The van der Waals surface area contributed by atoms with E-state index in [1.165, 1.54) is 0 Å². The van der Waals surface area contributed by atoms with E-state index in [4.69, 9.17) is 4.74 Å². The number of likely N-dealkylation sites (tertiary alicyclic amines) is 1. The third-order valence-electron chi connectivity index (χ3n) is 4.27. The van der Waals surface area contributed by atoms with E-state index in [1.54, 1.807) is 18.3 Å². The summed E-state index contributed by atoms with van der Waals surface area (Å²) >= 11 is 0. The molecule has 3 rings (SSSR count). The van der Waals surface area contributed by atoms with Crippen molar-refractivity contribution in [1.82, 2.24) is 9.88 Å². The second-order valence-corrected chi connectivity index (χ2v) is 5.90. The number of aryl methyl sites for hydroxylation is 1. The molecule has 1 saturated heterocycles. The molecule has 0 saturated carbocycles. The Morgan fingerprint density at radius 2 is 2.04 bits per heavy atom. The molecule has 2 aromatic rings. The molecule has 0 N–H and O–H groups in total. The van der Waals surface area contributed by atoms with Crippen LogP contribution in [0.4, 0.5) is 0 Å². The first kappa shape index (κ1) is 16.2. The Kier molecular flexibility index (Phi) is 4.89. The summed E-state index contributed by atoms with van der Waals surface area (Å²) < 4.78 is 5.81. The van der Waals surface area contributed by atoms with Crippen molar-refractivity contribution in [1.29, 1.82) is 0 Å². The summed E-state index contributed by atoms with van der Waals surface area (Å²) in [4.78, 5) is 29.9. The van der Waals surface area contributed by atoms with Gasteiger partial charge in [-0.25, -0.2) is 0 Å². The lowest BCUT2D eigenvalue weighted by Gasteiger charge is -2.17. The van der Waals surface area contributed by atoms with Gasteiger partial charge in [0.25, 0.3) is 5.91 Å². The highest BCUT2D eigenvalue weighted by Gasteiger charge is 2.23. The molecule has 0 unspecified atom stereocenters. The van der Waals surface area contributed by atoms with Crippen LogP contribution in [0.25, 0.3) is 0 Å². The minimum Gasteiger partial charge on any atom is -0.488 e. The van der Waals surface area contributed by atoms with Gasteiger partial charge in [-0.15, -0.1) is 0 Å². The number of rotatable bonds is 5. The fourth-order valence-electron chi connectivity index (χ4n) is 2.90. The molecule has 0 spiro atoms. The summed E-state index contributed by atoms with van der Waals surface area (Å²) in [5.41, 5.74) is 2.56. The van der Waals surface area contributed by atoms with Gasteiger partial charge < -0.3 is 9.64 Å². The Bertz CT molecular complexity index is 752. The maximum Gasteiger partial charge on any atom is 0.272 e. The highest BCUT2D eigenvalue weighted by atomic mass is 16.5. The van der Waals surface area contributed by atoms with Crippen molar-refractivity contribution < 1.29 is 14.3 Å². The number of hydrogen-bond acceptors (Lipinski definition) is 4. The van der Waals surface area contributed by atoms with Crippen LogP contribution in [0.2, 0.25) is 0 Å². The summed E-state index contributed by atoms with van der Waals surface area (Å²) in [6.45, 7) is 3.63. The van der Waals surface area contributed by atoms with Crippen LogP contribution in [-0.2, 0) is 6.61 Å². The van der Waals surface area contributed by atoms with Gasteiger partial charge in [-0.1, -0.05) is 18.2 Å². The molecular weight excluding hydrogens is 304 g/mol. The Labute approximate surface area is 141 Å². The Hall–Kier alpha value is -2.69. The van der Waals surface area contributed by atoms with E-state index in [0.29, 0.717) is 17.0 Å². The van der Waals surface area contributed by atoms with Crippen LogP contribution < -0.4 is 4.74 Å². The molecule has 1 fully saturated rings. The molecule has 1 aliphatic heterocycles. The average Bonchev–Trinajstić information content (AvgIpc) is 3.14. The lowest BCUT2D eigenvalue weighted by Crippen LogP contribution is -2.29. The van der Waals surface area contributed by atoms with E-state index in [0.717, 1.165) is 43.3 Å². The summed E-state index contributed by atoms with van der Waals surface area (Å²) in [7, 11) is 0. The van der Waals surface area contributed by atoms with Crippen LogP contribution in [0, 0.1) is 6.92 Å². The van der Waals surface area contributed by atoms with Gasteiger partial charge in [0, 0.05) is 24.8 Å². The van der Waals surface area contributed by atoms with Crippen molar-refractivity contribution in [2.75, 3.05) is 13.1 Å². The molecule has 5 heteroatoms. The number of aldehydes is 1. The van der Waals surface area contributed by atoms with Gasteiger partial charge in [-0.05, 0) is 37.5 Å². The third-order valence-corrected chi connectivity index (χ3v) is 4.27. The van der Waals surface area contributed by atoms with Crippen molar-refractivity contribution >= 4 is 12.2 Å². The predicted molar refractivity (Wildman–Crippen MR) is 90.3 cm³/mol. The molecule has 0 bridgehead atoms. The van der Waals surface area contributed by atoms with Gasteiger partial charge in [-0.3, -0.25) is 14.6 Å². The van der Waals surface area contributed by atoms with Gasteiger partial charge in [0.2, 0.25) is 0 Å². The monoisotopic (exact) mass is 324 g/mol. The van der Waals surface area contributed by atoms with E-state index in [-0.39, 0.29) is 12.5 Å². The first-order valence-electron chi connectivity index (χ1n) is 8.11. The van der Waals surface area contributed by atoms with Gasteiger partial charge in [0.05, 0.1) is 5.56 Å². The minimum absolute atomic E-state index is 0.0495. The van der Waals surface area contributed by atoms with Gasteiger partial charge >= 0.3 is 0 Å². The van der Waals surface area contributed by atoms with Crippen LogP contribution >= 0.6 is 0 Å². The zero-order chi connectivity index (χ0) is 16.9. The van der Waals surface area contributed by atoms with Crippen LogP contribution in [0.5, 0.6) is 5.75 Å². The smallest absolute Gasteiger partial charge is 0.272 e. The van der Waals surface area contributed by atoms with Crippen LogP contribution in [-0.4, -0.2) is 35.2 Å². The maximum atomic E-state index is 12.6. The van der Waals surface area contributed by atoms with Gasteiger partial charge in [0.15, 0.2) is 6.29 Å². The van der Waals surface area contributed by atoms with Gasteiger partial charge in [-0.2, -0.15) is 0 Å². The van der Waals surface area contributed by atoms with Crippen molar-refractivity contribution in [3.8, 4) is 5.75 Å². The number of benzene rings is 1. The lowest BCUT2D eigenvalue weighted by molar-refractivity contribution is 0.0783. The average molecular weight is 324 g/mol. The predicted octanol–water partition coefficient (Wildman–Crippen LogP) is 3.02. The van der Waals surface area contributed by atoms with E-state index in [1.807, 2.05) is 30.0 Å². The van der Waals surface area contributed by atoms with Gasteiger partial charge in [0.1, 0.15) is 18.1 Å². The molecule has 1 amide bonds. The largest absolute Gasteiger partial charge is 0.488 e. The highest BCUT2D eigenvalue weighted by Crippen LogP contribution is 2.22. The standard InChI is InChI=1S/C19H20N2O3/c1-14-6-4-8-17(16(14)12-22)24-13-15-7-5-9-20-18(15)19(23)21-10-2-3-11-21/h4-9,12H,2-3,10-11,13H2,1H3. The quantitative estimate of drug-likeness (QED) is 0.793. The molecule has 0 atom stereocenters. The van der Waals surface area contributed by atoms with E-state index in [2.05, 4.69) is 4.98 Å². The summed E-state index contributed by atoms with van der Waals surface area (Å²) in [5, 5.41) is 0. The second-order valence-electron chi connectivity index (χ2n) is 5.90. The minimum atomic E-state index is -0.0495. The van der Waals surface area contributed by atoms with E-state index in [9.17, 15) is 9.59 Å². The summed E-state index contributed by atoms with van der Waals surface area (Å²) in [5.74, 6) is 0.472. The number of nitrogens with zero attached hydrogens (tertiary/aromatic N) is 2. The van der Waals surface area contributed by atoms with Crippen molar-refractivity contribution in [2.24, 2.45) is 0 Å². The Morgan fingerprint density at radius 3 is 2.79 bits per heavy atom. The molecule has 1 aromatic heterocycles. The summed E-state index contributed by atoms with van der Waals surface area (Å²) in [6.07, 6.45) is 4.49. The molecule has 0 radical (unpaired) electrons. The van der Waals surface area contributed by atoms with E-state index < -0.39 is 0 Å². The van der Waals surface area contributed by atoms with Crippen LogP contribution in [0.15, 0.2) is 36.5 Å². The normalized spacial score (nSPS) is 13.8. The van der Waals surface area contributed by atoms with Crippen molar-refractivity contribution in [3.05, 3.63) is 58.9 Å². The Morgan fingerprint density at radius 1 is 1.25 bits per heavy atom.